The van der Waals surface area contributed by atoms with Crippen molar-refractivity contribution >= 4 is 16.9 Å². The molecule has 2 atom stereocenters. The Morgan fingerprint density at radius 1 is 1.08 bits per heavy atom. The quantitative estimate of drug-likeness (QED) is 0.768. The molecule has 0 spiro atoms. The molecular weight excluding hydrogens is 362 g/mol. The van der Waals surface area contributed by atoms with Gasteiger partial charge in [-0.05, 0) is 18.6 Å². The van der Waals surface area contributed by atoms with Crippen molar-refractivity contribution in [3.63, 3.8) is 0 Å². The number of carbonyl (C=O) groups excluding carboxylic acids is 1. The van der Waals surface area contributed by atoms with Gasteiger partial charge in [0, 0.05) is 18.2 Å². The van der Waals surface area contributed by atoms with Crippen LogP contribution in [0.5, 0.6) is 0 Å². The average molecular weight is 376 g/mol. The Morgan fingerprint density at radius 3 is 1.92 bits per heavy atom. The summed E-state index contributed by atoms with van der Waals surface area (Å²) in [4.78, 5) is 10.8. The maximum Gasteiger partial charge on any atom is 0.416 e. The summed E-state index contributed by atoms with van der Waals surface area (Å²) >= 11 is 0.737. The third-order valence-corrected chi connectivity index (χ3v) is 3.94. The molecule has 0 aromatic heterocycles. The summed E-state index contributed by atoms with van der Waals surface area (Å²) in [5.74, 6) is -0.0525. The first-order valence-corrected chi connectivity index (χ1v) is 7.61. The van der Waals surface area contributed by atoms with E-state index in [2.05, 4.69) is 0 Å². The van der Waals surface area contributed by atoms with Crippen LogP contribution in [0.2, 0.25) is 0 Å². The zero-order valence-corrected chi connectivity index (χ0v) is 13.1. The van der Waals surface area contributed by atoms with E-state index in [1.165, 1.54) is 6.92 Å². The number of aliphatic hydroxyl groups is 2. The van der Waals surface area contributed by atoms with Crippen molar-refractivity contribution in [3.8, 4) is 0 Å². The molecule has 136 valence electrons. The van der Waals surface area contributed by atoms with Gasteiger partial charge in [0.05, 0.1) is 17.2 Å². The van der Waals surface area contributed by atoms with Gasteiger partial charge in [-0.1, -0.05) is 17.8 Å². The van der Waals surface area contributed by atoms with E-state index in [1.807, 2.05) is 0 Å². The minimum atomic E-state index is -5.13. The fraction of sp³-hybridized carbons (Fsp3) is 0.500. The number of hydrogen-bond donors (Lipinski definition) is 2. The third kappa shape index (κ3) is 5.38. The lowest BCUT2D eigenvalue weighted by atomic mass is 9.92. The summed E-state index contributed by atoms with van der Waals surface area (Å²) in [6.45, 7) is 1.22. The molecule has 1 aromatic rings. The molecule has 24 heavy (non-hydrogen) atoms. The van der Waals surface area contributed by atoms with Crippen molar-refractivity contribution in [3.05, 3.63) is 34.9 Å². The van der Waals surface area contributed by atoms with Crippen molar-refractivity contribution in [2.75, 3.05) is 5.75 Å². The predicted octanol–water partition coefficient (Wildman–Crippen LogP) is 3.79. The molecule has 2 N–H and O–H groups in total. The molecule has 1 aromatic carbocycles. The van der Waals surface area contributed by atoms with E-state index < -0.39 is 41.3 Å². The molecule has 0 fully saturated rings. The summed E-state index contributed by atoms with van der Waals surface area (Å²) < 4.78 is 77.9. The topological polar surface area (TPSA) is 57.5 Å². The first-order chi connectivity index (χ1) is 10.9. The number of rotatable bonds is 5. The highest BCUT2D eigenvalue weighted by Crippen LogP contribution is 2.43. The predicted molar refractivity (Wildman–Crippen MR) is 75.2 cm³/mol. The van der Waals surface area contributed by atoms with Crippen LogP contribution in [0, 0.1) is 0 Å². The normalized spacial score (nSPS) is 15.2. The van der Waals surface area contributed by atoms with Crippen LogP contribution < -0.4 is 0 Å². The number of thioether (sulfide) groups is 1. The smallest absolute Gasteiger partial charge is 0.390 e. The molecule has 0 aliphatic rings. The molecule has 0 saturated heterocycles. The van der Waals surface area contributed by atoms with Crippen LogP contribution in [0.4, 0.5) is 26.3 Å². The third-order valence-electron chi connectivity index (χ3n) is 3.10. The van der Waals surface area contributed by atoms with Crippen LogP contribution in [0.3, 0.4) is 0 Å². The molecule has 0 heterocycles. The molecule has 2 unspecified atom stereocenters. The second-order valence-corrected chi connectivity index (χ2v) is 6.18. The molecule has 0 radical (unpaired) electrons. The van der Waals surface area contributed by atoms with Crippen molar-refractivity contribution in [1.82, 2.24) is 0 Å². The maximum absolute atomic E-state index is 13.0. The first kappa shape index (κ1) is 20.8. The first-order valence-electron chi connectivity index (χ1n) is 6.62. The van der Waals surface area contributed by atoms with E-state index in [0.717, 1.165) is 11.8 Å². The molecule has 0 bridgehead atoms. The Morgan fingerprint density at radius 2 is 1.54 bits per heavy atom. The van der Waals surface area contributed by atoms with Crippen LogP contribution in [-0.4, -0.2) is 27.2 Å². The number of carbonyl (C=O) groups is 1. The highest BCUT2D eigenvalue weighted by atomic mass is 32.2. The fourth-order valence-electron chi connectivity index (χ4n) is 2.05. The van der Waals surface area contributed by atoms with Gasteiger partial charge < -0.3 is 10.2 Å². The highest BCUT2D eigenvalue weighted by Gasteiger charge is 2.43. The van der Waals surface area contributed by atoms with Crippen LogP contribution in [0.15, 0.2) is 18.2 Å². The van der Waals surface area contributed by atoms with Crippen molar-refractivity contribution in [1.29, 1.82) is 0 Å². The number of benzene rings is 1. The minimum absolute atomic E-state index is 0.0525. The van der Waals surface area contributed by atoms with E-state index in [9.17, 15) is 41.4 Å². The second-order valence-electron chi connectivity index (χ2n) is 4.90. The summed E-state index contributed by atoms with van der Waals surface area (Å²) in [7, 11) is 0. The van der Waals surface area contributed by atoms with Gasteiger partial charge in [-0.25, -0.2) is 0 Å². The monoisotopic (exact) mass is 376 g/mol. The Bertz CT molecular complexity index is 553. The Kier molecular flexibility index (Phi) is 6.71. The molecular formula is C14H14F6O3S. The van der Waals surface area contributed by atoms with E-state index in [0.29, 0.717) is 18.2 Å². The maximum atomic E-state index is 13.0. The molecule has 3 nitrogen and oxygen atoms in total. The summed E-state index contributed by atoms with van der Waals surface area (Å²) in [5.41, 5.74) is -4.75. The van der Waals surface area contributed by atoms with Crippen LogP contribution in [0.1, 0.15) is 36.1 Å². The number of halogens is 6. The number of hydrogen-bond acceptors (Lipinski definition) is 4. The van der Waals surface area contributed by atoms with Crippen LogP contribution in [0.25, 0.3) is 0 Å². The van der Waals surface area contributed by atoms with Crippen molar-refractivity contribution < 1.29 is 41.4 Å². The second kappa shape index (κ2) is 7.75. The van der Waals surface area contributed by atoms with E-state index in [1.54, 1.807) is 0 Å². The molecule has 10 heteroatoms. The lowest BCUT2D eigenvalue weighted by molar-refractivity contribution is -0.147. The lowest BCUT2D eigenvalue weighted by Crippen LogP contribution is -2.26. The Hall–Kier alpha value is -1.26. The molecule has 0 saturated carbocycles. The Balaban J connectivity index is 3.25. The zero-order valence-electron chi connectivity index (χ0n) is 12.3. The standard InChI is InChI=1S/C14H14F6O3S/c1-7(21)24-6-5-10(22)12(23)11-8(13(15,16)17)3-2-4-9(11)14(18,19)20/h2-4,10,12,22-23H,5-6H2,1H3. The fourth-order valence-corrected chi connectivity index (χ4v) is 2.70. The van der Waals surface area contributed by atoms with Gasteiger partial charge in [-0.2, -0.15) is 26.3 Å². The molecule has 0 aliphatic carbocycles. The molecule has 1 rings (SSSR count). The van der Waals surface area contributed by atoms with Crippen LogP contribution >= 0.6 is 11.8 Å². The number of alkyl halides is 6. The number of aliphatic hydroxyl groups excluding tert-OH is 2. The molecule has 0 amide bonds. The van der Waals surface area contributed by atoms with E-state index in [-0.39, 0.29) is 17.3 Å². The van der Waals surface area contributed by atoms with Crippen molar-refractivity contribution in [2.24, 2.45) is 0 Å². The van der Waals surface area contributed by atoms with Crippen LogP contribution in [-0.2, 0) is 17.1 Å². The van der Waals surface area contributed by atoms with Gasteiger partial charge >= 0.3 is 12.4 Å². The van der Waals surface area contributed by atoms with Gasteiger partial charge in [0.15, 0.2) is 5.12 Å². The van der Waals surface area contributed by atoms with Gasteiger partial charge in [0.1, 0.15) is 6.10 Å². The minimum Gasteiger partial charge on any atom is -0.390 e. The molecule has 0 aliphatic heterocycles. The summed E-state index contributed by atoms with van der Waals surface area (Å²) in [6, 6.07) is 1.40. The van der Waals surface area contributed by atoms with Crippen molar-refractivity contribution in [2.45, 2.75) is 37.9 Å². The van der Waals surface area contributed by atoms with Gasteiger partial charge in [-0.15, -0.1) is 0 Å². The SMILES string of the molecule is CC(=O)SCCC(O)C(O)c1c(C(F)(F)F)cccc1C(F)(F)F. The van der Waals surface area contributed by atoms with E-state index >= 15 is 0 Å². The summed E-state index contributed by atoms with van der Waals surface area (Å²) in [5, 5.41) is 19.3. The average Bonchev–Trinajstić information content (AvgIpc) is 2.43. The van der Waals surface area contributed by atoms with Gasteiger partial charge in [0.2, 0.25) is 0 Å². The van der Waals surface area contributed by atoms with Gasteiger partial charge in [-0.3, -0.25) is 4.79 Å². The summed E-state index contributed by atoms with van der Waals surface area (Å²) in [6.07, 6.45) is -14.9. The lowest BCUT2D eigenvalue weighted by Gasteiger charge is -2.25. The Labute approximate surface area is 137 Å². The largest absolute Gasteiger partial charge is 0.416 e. The van der Waals surface area contributed by atoms with Gasteiger partial charge in [0.25, 0.3) is 0 Å². The highest BCUT2D eigenvalue weighted by molar-refractivity contribution is 8.13. The zero-order chi connectivity index (χ0) is 18.7. The van der Waals surface area contributed by atoms with E-state index in [4.69, 9.17) is 0 Å².